The number of aromatic nitrogens is 2. The van der Waals surface area contributed by atoms with E-state index in [-0.39, 0.29) is 24.9 Å². The number of carbonyl (C=O) groups excluding carboxylic acids is 1. The van der Waals surface area contributed by atoms with Crippen LogP contribution in [0.2, 0.25) is 0 Å². The number of fused-ring (bicyclic) bond motifs is 2. The topological polar surface area (TPSA) is 80.8 Å². The van der Waals surface area contributed by atoms with E-state index in [0.717, 1.165) is 10.2 Å². The lowest BCUT2D eigenvalue weighted by Crippen LogP contribution is -2.39. The third-order valence-electron chi connectivity index (χ3n) is 4.84. The lowest BCUT2D eigenvalue weighted by atomic mass is 10.3. The summed E-state index contributed by atoms with van der Waals surface area (Å²) in [7, 11) is 3.89. The van der Waals surface area contributed by atoms with Crippen molar-refractivity contribution >= 4 is 56.1 Å². The maximum absolute atomic E-state index is 13.3. The van der Waals surface area contributed by atoms with Crippen LogP contribution < -0.4 is 15.4 Å². The Morgan fingerprint density at radius 2 is 1.94 bits per heavy atom. The first-order chi connectivity index (χ1) is 15.0. The molecule has 0 bridgehead atoms. The van der Waals surface area contributed by atoms with Gasteiger partial charge in [0.05, 0.1) is 16.8 Å². The van der Waals surface area contributed by atoms with Gasteiger partial charge in [-0.05, 0) is 45.3 Å². The first kappa shape index (κ1) is 23.8. The van der Waals surface area contributed by atoms with Crippen molar-refractivity contribution in [3.05, 3.63) is 53.0 Å². The van der Waals surface area contributed by atoms with Crippen molar-refractivity contribution in [1.82, 2.24) is 14.5 Å². The fourth-order valence-electron chi connectivity index (χ4n) is 3.31. The summed E-state index contributed by atoms with van der Waals surface area (Å²) >= 11 is 1.43. The summed E-state index contributed by atoms with van der Waals surface area (Å²) in [6, 6.07) is 12.8. The maximum atomic E-state index is 13.3. The minimum Gasteiger partial charge on any atom is -0.492 e. The second-order valence-electron chi connectivity index (χ2n) is 7.30. The monoisotopic (exact) mass is 476 g/mol. The van der Waals surface area contributed by atoms with Gasteiger partial charge in [0.15, 0.2) is 10.7 Å². The van der Waals surface area contributed by atoms with E-state index in [9.17, 15) is 9.59 Å². The van der Waals surface area contributed by atoms with Gasteiger partial charge in [-0.25, -0.2) is 9.78 Å². The third kappa shape index (κ3) is 4.79. The summed E-state index contributed by atoms with van der Waals surface area (Å²) in [5, 5.41) is 0.579. The summed E-state index contributed by atoms with van der Waals surface area (Å²) in [6.45, 7) is 3.43. The number of rotatable bonds is 8. The molecule has 32 heavy (non-hydrogen) atoms. The van der Waals surface area contributed by atoms with Gasteiger partial charge in [-0.3, -0.25) is 14.3 Å². The lowest BCUT2D eigenvalue weighted by molar-refractivity contribution is -0.119. The fourth-order valence-corrected chi connectivity index (χ4v) is 4.34. The van der Waals surface area contributed by atoms with Crippen LogP contribution in [0.15, 0.2) is 51.7 Å². The standard InChI is InChI=1S/C22H24N4O4S.ClH/c1-4-29-17-10-7-11-18-20(17)23-21(31-18)25(13-12-24(2)3)19(27)14-26-15-8-5-6-9-16(15)30-22(26)28;/h5-11H,4,12-14H2,1-3H3;1H. The Kier molecular flexibility index (Phi) is 7.55. The van der Waals surface area contributed by atoms with Crippen LogP contribution in [0.4, 0.5) is 5.13 Å². The molecule has 0 N–H and O–H groups in total. The molecule has 170 valence electrons. The number of hydrogen-bond acceptors (Lipinski definition) is 7. The van der Waals surface area contributed by atoms with E-state index in [1.54, 1.807) is 23.1 Å². The number of nitrogens with zero attached hydrogens (tertiary/aromatic N) is 4. The SMILES string of the molecule is CCOc1cccc2sc(N(CCN(C)C)C(=O)Cn3c(=O)oc4ccccc43)nc12.Cl. The molecule has 2 aromatic carbocycles. The minimum atomic E-state index is -0.551. The van der Waals surface area contributed by atoms with Crippen LogP contribution >= 0.6 is 23.7 Å². The quantitative estimate of drug-likeness (QED) is 0.386. The first-order valence-corrected chi connectivity index (χ1v) is 10.9. The van der Waals surface area contributed by atoms with Crippen molar-refractivity contribution < 1.29 is 13.9 Å². The molecule has 2 aromatic heterocycles. The Labute approximate surface area is 195 Å². The van der Waals surface area contributed by atoms with E-state index < -0.39 is 5.76 Å². The highest BCUT2D eigenvalue weighted by molar-refractivity contribution is 7.22. The first-order valence-electron chi connectivity index (χ1n) is 10.0. The highest BCUT2D eigenvalue weighted by atomic mass is 35.5. The number of likely N-dealkylation sites (N-methyl/N-ethyl adjacent to an activating group) is 1. The number of amides is 1. The zero-order chi connectivity index (χ0) is 22.0. The van der Waals surface area contributed by atoms with Crippen LogP contribution in [0.3, 0.4) is 0 Å². The van der Waals surface area contributed by atoms with Crippen LogP contribution in [-0.2, 0) is 11.3 Å². The molecular formula is C22H25ClN4O4S. The normalized spacial score (nSPS) is 11.1. The van der Waals surface area contributed by atoms with Crippen molar-refractivity contribution in [2.75, 3.05) is 38.7 Å². The Hall–Kier alpha value is -2.88. The number of halogens is 1. The molecule has 0 aliphatic carbocycles. The molecule has 0 fully saturated rings. The minimum absolute atomic E-state index is 0. The van der Waals surface area contributed by atoms with Crippen LogP contribution in [0.1, 0.15) is 6.92 Å². The zero-order valence-electron chi connectivity index (χ0n) is 18.1. The molecule has 0 saturated carbocycles. The summed E-state index contributed by atoms with van der Waals surface area (Å²) in [4.78, 5) is 34.0. The van der Waals surface area contributed by atoms with E-state index in [2.05, 4.69) is 0 Å². The molecule has 0 unspecified atom stereocenters. The third-order valence-corrected chi connectivity index (χ3v) is 5.88. The van der Waals surface area contributed by atoms with E-state index in [1.165, 1.54) is 15.9 Å². The highest BCUT2D eigenvalue weighted by Crippen LogP contribution is 2.34. The molecule has 0 aliphatic rings. The number of anilines is 1. The molecule has 1 amide bonds. The van der Waals surface area contributed by atoms with Crippen molar-refractivity contribution in [1.29, 1.82) is 0 Å². The maximum Gasteiger partial charge on any atom is 0.420 e. The van der Waals surface area contributed by atoms with E-state index in [1.807, 2.05) is 50.2 Å². The molecule has 4 aromatic rings. The van der Waals surface area contributed by atoms with Gasteiger partial charge in [0.2, 0.25) is 5.91 Å². The van der Waals surface area contributed by atoms with Crippen LogP contribution in [0.25, 0.3) is 21.3 Å². The predicted molar refractivity (Wildman–Crippen MR) is 129 cm³/mol. The second kappa shape index (κ2) is 10.2. The van der Waals surface area contributed by atoms with Crippen molar-refractivity contribution in [2.45, 2.75) is 13.5 Å². The Morgan fingerprint density at radius 1 is 1.16 bits per heavy atom. The van der Waals surface area contributed by atoms with Gasteiger partial charge in [0.25, 0.3) is 0 Å². The average molecular weight is 477 g/mol. The van der Waals surface area contributed by atoms with E-state index in [4.69, 9.17) is 14.1 Å². The van der Waals surface area contributed by atoms with Crippen LogP contribution in [-0.4, -0.2) is 54.1 Å². The van der Waals surface area contributed by atoms with Gasteiger partial charge in [-0.15, -0.1) is 12.4 Å². The number of carbonyl (C=O) groups is 1. The molecule has 0 aliphatic heterocycles. The Morgan fingerprint density at radius 3 is 2.69 bits per heavy atom. The van der Waals surface area contributed by atoms with Gasteiger partial charge in [-0.2, -0.15) is 0 Å². The van der Waals surface area contributed by atoms with Crippen LogP contribution in [0, 0.1) is 0 Å². The van der Waals surface area contributed by atoms with Gasteiger partial charge in [0.1, 0.15) is 17.8 Å². The fraction of sp³-hybridized carbons (Fsp3) is 0.318. The van der Waals surface area contributed by atoms with Crippen molar-refractivity contribution in [3.8, 4) is 5.75 Å². The number of hydrogen-bond donors (Lipinski definition) is 0. The zero-order valence-corrected chi connectivity index (χ0v) is 19.7. The molecule has 0 radical (unpaired) electrons. The molecule has 0 spiro atoms. The lowest BCUT2D eigenvalue weighted by Gasteiger charge is -2.22. The number of thiazole rings is 1. The predicted octanol–water partition coefficient (Wildman–Crippen LogP) is 3.62. The average Bonchev–Trinajstić information content (AvgIpc) is 3.30. The van der Waals surface area contributed by atoms with Gasteiger partial charge in [0, 0.05) is 13.1 Å². The summed E-state index contributed by atoms with van der Waals surface area (Å²) in [5.41, 5.74) is 1.79. The summed E-state index contributed by atoms with van der Waals surface area (Å²) < 4.78 is 13.3. The number of benzene rings is 2. The van der Waals surface area contributed by atoms with E-state index in [0.29, 0.717) is 41.7 Å². The summed E-state index contributed by atoms with van der Waals surface area (Å²) in [5.74, 6) is -0.0860. The van der Waals surface area contributed by atoms with E-state index >= 15 is 0 Å². The molecule has 4 rings (SSSR count). The van der Waals surface area contributed by atoms with Gasteiger partial charge >= 0.3 is 5.76 Å². The molecule has 2 heterocycles. The largest absolute Gasteiger partial charge is 0.492 e. The van der Waals surface area contributed by atoms with Crippen molar-refractivity contribution in [2.24, 2.45) is 0 Å². The Bertz CT molecular complexity index is 1280. The molecule has 10 heteroatoms. The van der Waals surface area contributed by atoms with Crippen LogP contribution in [0.5, 0.6) is 5.75 Å². The molecule has 0 saturated heterocycles. The smallest absolute Gasteiger partial charge is 0.420 e. The van der Waals surface area contributed by atoms with Crippen molar-refractivity contribution in [3.63, 3.8) is 0 Å². The molecule has 8 nitrogen and oxygen atoms in total. The molecular weight excluding hydrogens is 452 g/mol. The number of oxazole rings is 1. The van der Waals surface area contributed by atoms with Gasteiger partial charge < -0.3 is 14.1 Å². The number of para-hydroxylation sites is 3. The Balaban J connectivity index is 0.00000289. The molecule has 0 atom stereocenters. The summed E-state index contributed by atoms with van der Waals surface area (Å²) in [6.07, 6.45) is 0. The number of ether oxygens (including phenoxy) is 1. The van der Waals surface area contributed by atoms with Gasteiger partial charge in [-0.1, -0.05) is 29.5 Å². The second-order valence-corrected chi connectivity index (χ2v) is 8.31. The highest BCUT2D eigenvalue weighted by Gasteiger charge is 2.23.